The summed E-state index contributed by atoms with van der Waals surface area (Å²) in [7, 11) is 0. The molecule has 19 heavy (non-hydrogen) atoms. The van der Waals surface area contributed by atoms with Crippen LogP contribution >= 0.6 is 0 Å². The molecule has 0 saturated carbocycles. The van der Waals surface area contributed by atoms with Gasteiger partial charge in [-0.15, -0.1) is 0 Å². The zero-order valence-electron chi connectivity index (χ0n) is 10.6. The minimum absolute atomic E-state index is 0.228. The molecule has 0 aromatic carbocycles. The second-order valence-corrected chi connectivity index (χ2v) is 4.74. The molecule has 3 rings (SSSR count). The van der Waals surface area contributed by atoms with Crippen LogP contribution < -0.4 is 0 Å². The first-order valence-electron chi connectivity index (χ1n) is 6.20. The van der Waals surface area contributed by atoms with E-state index < -0.39 is 5.79 Å². The van der Waals surface area contributed by atoms with Crippen molar-refractivity contribution in [1.82, 2.24) is 9.88 Å². The van der Waals surface area contributed by atoms with E-state index in [1.54, 1.807) is 12.1 Å². The monoisotopic (exact) mass is 262 g/mol. The van der Waals surface area contributed by atoms with Gasteiger partial charge in [0, 0.05) is 19.2 Å². The fourth-order valence-corrected chi connectivity index (χ4v) is 2.33. The fourth-order valence-electron chi connectivity index (χ4n) is 2.33. The van der Waals surface area contributed by atoms with Gasteiger partial charge in [0.2, 0.25) is 0 Å². The molecule has 0 N–H and O–H groups in total. The normalized spacial score (nSPS) is 21.0. The maximum Gasteiger partial charge on any atom is 0.280 e. The summed E-state index contributed by atoms with van der Waals surface area (Å²) in [5.41, 5.74) is 0.594. The maximum atomic E-state index is 12.1. The van der Waals surface area contributed by atoms with Crippen LogP contribution in [0.4, 0.5) is 0 Å². The van der Waals surface area contributed by atoms with Crippen molar-refractivity contribution in [3.8, 4) is 0 Å². The molecule has 0 aliphatic carbocycles. The number of aromatic nitrogens is 1. The molecule has 6 heteroatoms. The third kappa shape index (κ3) is 2.02. The lowest BCUT2D eigenvalue weighted by atomic mass is 10.2. The summed E-state index contributed by atoms with van der Waals surface area (Å²) in [4.78, 5) is 29.3. The van der Waals surface area contributed by atoms with Crippen LogP contribution in [-0.2, 0) is 9.47 Å². The molecule has 1 aromatic rings. The van der Waals surface area contributed by atoms with Crippen molar-refractivity contribution in [2.45, 2.75) is 19.1 Å². The summed E-state index contributed by atoms with van der Waals surface area (Å²) in [5, 5.41) is 0. The van der Waals surface area contributed by atoms with Crippen LogP contribution in [-0.4, -0.2) is 47.2 Å². The summed E-state index contributed by atoms with van der Waals surface area (Å²) in [6.45, 7) is 3.17. The van der Waals surface area contributed by atoms with E-state index in [-0.39, 0.29) is 24.1 Å². The Kier molecular flexibility index (Phi) is 2.83. The maximum absolute atomic E-state index is 12.1. The molecule has 100 valence electrons. The lowest BCUT2D eigenvalue weighted by Crippen LogP contribution is -2.37. The average molecular weight is 262 g/mol. The number of nitrogens with zero attached hydrogens (tertiary/aromatic N) is 2. The van der Waals surface area contributed by atoms with E-state index >= 15 is 0 Å². The molecule has 1 saturated heterocycles. The molecule has 0 radical (unpaired) electrons. The average Bonchev–Trinajstić information content (AvgIpc) is 2.94. The zero-order valence-corrected chi connectivity index (χ0v) is 10.6. The minimum atomic E-state index is -0.706. The molecule has 0 bridgehead atoms. The second-order valence-electron chi connectivity index (χ2n) is 4.74. The summed E-state index contributed by atoms with van der Waals surface area (Å²) in [6, 6.07) is 3.27. The van der Waals surface area contributed by atoms with Crippen LogP contribution in [0.3, 0.4) is 0 Å². The van der Waals surface area contributed by atoms with E-state index in [2.05, 4.69) is 4.98 Å². The molecular formula is C13H14N2O4. The molecular weight excluding hydrogens is 248 g/mol. The zero-order chi connectivity index (χ0) is 13.5. The van der Waals surface area contributed by atoms with Crippen molar-refractivity contribution in [3.05, 3.63) is 29.6 Å². The van der Waals surface area contributed by atoms with Gasteiger partial charge in [0.15, 0.2) is 5.79 Å². The number of amides is 2. The molecule has 2 aliphatic rings. The Morgan fingerprint density at radius 3 is 2.74 bits per heavy atom. The topological polar surface area (TPSA) is 68.7 Å². The van der Waals surface area contributed by atoms with Crippen molar-refractivity contribution in [1.29, 1.82) is 0 Å². The lowest BCUT2D eigenvalue weighted by molar-refractivity contribution is -0.147. The van der Waals surface area contributed by atoms with Gasteiger partial charge in [0.05, 0.1) is 18.8 Å². The van der Waals surface area contributed by atoms with Crippen molar-refractivity contribution in [3.63, 3.8) is 0 Å². The minimum Gasteiger partial charge on any atom is -0.348 e. The van der Waals surface area contributed by atoms with Crippen LogP contribution in [0.15, 0.2) is 18.3 Å². The number of hydrogen-bond donors (Lipinski definition) is 0. The van der Waals surface area contributed by atoms with E-state index in [4.69, 9.17) is 9.47 Å². The Bertz CT molecular complexity index is 502. The highest BCUT2D eigenvalue weighted by Gasteiger charge is 2.39. The van der Waals surface area contributed by atoms with E-state index in [9.17, 15) is 9.59 Å². The van der Waals surface area contributed by atoms with Crippen molar-refractivity contribution in [2.75, 3.05) is 19.8 Å². The number of carbonyl (C=O) groups excluding carboxylic acids is 2. The number of hydrogen-bond acceptors (Lipinski definition) is 5. The first kappa shape index (κ1) is 12.3. The van der Waals surface area contributed by atoms with Crippen molar-refractivity contribution < 1.29 is 19.1 Å². The number of pyridine rings is 1. The van der Waals surface area contributed by atoms with Gasteiger partial charge < -0.3 is 9.47 Å². The summed E-state index contributed by atoms with van der Waals surface area (Å²) < 4.78 is 10.9. The fraction of sp³-hybridized carbons (Fsp3) is 0.462. The number of fused-ring (bicyclic) bond motifs is 1. The van der Waals surface area contributed by atoms with Crippen LogP contribution in [0, 0.1) is 0 Å². The third-order valence-electron chi connectivity index (χ3n) is 3.42. The highest BCUT2D eigenvalue weighted by molar-refractivity contribution is 6.20. The highest BCUT2D eigenvalue weighted by Crippen LogP contribution is 2.26. The molecule has 0 atom stereocenters. The van der Waals surface area contributed by atoms with E-state index in [1.165, 1.54) is 11.1 Å². The molecule has 2 aliphatic heterocycles. The molecule has 0 spiro atoms. The predicted molar refractivity (Wildman–Crippen MR) is 64.5 cm³/mol. The molecule has 6 nitrogen and oxygen atoms in total. The van der Waals surface area contributed by atoms with Gasteiger partial charge in [0.25, 0.3) is 11.8 Å². The lowest BCUT2D eigenvalue weighted by Gasteiger charge is -2.24. The molecule has 2 amide bonds. The standard InChI is InChI=1S/C13H14N2O4/c1-13(18-7-8-19-13)4-6-15-11(16)9-3-2-5-14-10(9)12(15)17/h2-3,5H,4,6-8H2,1H3. The van der Waals surface area contributed by atoms with Gasteiger partial charge in [-0.05, 0) is 19.1 Å². The van der Waals surface area contributed by atoms with Gasteiger partial charge in [0.1, 0.15) is 5.69 Å². The quantitative estimate of drug-likeness (QED) is 0.755. The van der Waals surface area contributed by atoms with Crippen molar-refractivity contribution in [2.24, 2.45) is 0 Å². The number of imide groups is 1. The Balaban J connectivity index is 1.74. The van der Waals surface area contributed by atoms with E-state index in [1.807, 2.05) is 6.92 Å². The van der Waals surface area contributed by atoms with Gasteiger partial charge in [-0.1, -0.05) is 0 Å². The first-order chi connectivity index (χ1) is 9.11. The van der Waals surface area contributed by atoms with E-state index in [0.717, 1.165) is 0 Å². The van der Waals surface area contributed by atoms with Gasteiger partial charge in [-0.3, -0.25) is 19.5 Å². The highest BCUT2D eigenvalue weighted by atomic mass is 16.7. The molecule has 1 aromatic heterocycles. The third-order valence-corrected chi connectivity index (χ3v) is 3.42. The Morgan fingerprint density at radius 2 is 2.05 bits per heavy atom. The van der Waals surface area contributed by atoms with Crippen LogP contribution in [0.2, 0.25) is 0 Å². The van der Waals surface area contributed by atoms with Crippen LogP contribution in [0.25, 0.3) is 0 Å². The van der Waals surface area contributed by atoms with Gasteiger partial charge >= 0.3 is 0 Å². The predicted octanol–water partition coefficient (Wildman–Crippen LogP) is 0.831. The second kappa shape index (κ2) is 4.40. The molecule has 0 unspecified atom stereocenters. The van der Waals surface area contributed by atoms with Gasteiger partial charge in [-0.2, -0.15) is 0 Å². The Hall–Kier alpha value is -1.79. The van der Waals surface area contributed by atoms with Crippen molar-refractivity contribution >= 4 is 11.8 Å². The summed E-state index contributed by atoms with van der Waals surface area (Å²) in [6.07, 6.45) is 1.97. The molecule has 3 heterocycles. The largest absolute Gasteiger partial charge is 0.348 e. The Morgan fingerprint density at radius 1 is 1.32 bits per heavy atom. The van der Waals surface area contributed by atoms with Crippen LogP contribution in [0.1, 0.15) is 34.2 Å². The number of rotatable bonds is 3. The first-order valence-corrected chi connectivity index (χ1v) is 6.20. The summed E-state index contributed by atoms with van der Waals surface area (Å²) in [5.74, 6) is -1.35. The smallest absolute Gasteiger partial charge is 0.280 e. The Labute approximate surface area is 110 Å². The van der Waals surface area contributed by atoms with Crippen LogP contribution in [0.5, 0.6) is 0 Å². The number of carbonyl (C=O) groups is 2. The SMILES string of the molecule is CC1(CCN2C(=O)c3cccnc3C2=O)OCCO1. The van der Waals surface area contributed by atoms with Gasteiger partial charge in [-0.25, -0.2) is 0 Å². The summed E-state index contributed by atoms with van der Waals surface area (Å²) >= 11 is 0. The molecule has 1 fully saturated rings. The number of ether oxygens (including phenoxy) is 2. The van der Waals surface area contributed by atoms with E-state index in [0.29, 0.717) is 25.2 Å².